The first-order valence-corrected chi connectivity index (χ1v) is 8.51. The van der Waals surface area contributed by atoms with E-state index in [4.69, 9.17) is 4.42 Å². The van der Waals surface area contributed by atoms with Crippen LogP contribution in [0.25, 0.3) is 0 Å². The zero-order valence-electron chi connectivity index (χ0n) is 14.2. The lowest BCUT2D eigenvalue weighted by Gasteiger charge is -2.16. The van der Waals surface area contributed by atoms with Crippen LogP contribution in [0.1, 0.15) is 24.2 Å². The summed E-state index contributed by atoms with van der Waals surface area (Å²) in [6.07, 6.45) is 4.26. The van der Waals surface area contributed by atoms with Crippen LogP contribution in [0, 0.1) is 0 Å². The molecule has 0 radical (unpaired) electrons. The van der Waals surface area contributed by atoms with Crippen LogP contribution < -0.4 is 5.32 Å². The molecule has 5 heteroatoms. The first kappa shape index (κ1) is 16.7. The maximum Gasteiger partial charge on any atom is 0.238 e. The molecule has 1 saturated heterocycles. The van der Waals surface area contributed by atoms with Crippen molar-refractivity contribution in [3.8, 4) is 0 Å². The fraction of sp³-hybridized carbons (Fsp3) is 0.421. The molecule has 1 fully saturated rings. The Morgan fingerprint density at radius 3 is 2.62 bits per heavy atom. The Hall–Kier alpha value is -2.11. The lowest BCUT2D eigenvalue weighted by molar-refractivity contribution is -0.117. The quantitative estimate of drug-likeness (QED) is 0.849. The average Bonchev–Trinajstić information content (AvgIpc) is 3.23. The molecule has 3 rings (SSSR count). The van der Waals surface area contributed by atoms with Gasteiger partial charge in [-0.2, -0.15) is 0 Å². The van der Waals surface area contributed by atoms with E-state index in [9.17, 15) is 4.79 Å². The van der Waals surface area contributed by atoms with Crippen LogP contribution in [0.15, 0.2) is 47.1 Å². The summed E-state index contributed by atoms with van der Waals surface area (Å²) in [7, 11) is 1.90. The van der Waals surface area contributed by atoms with Crippen molar-refractivity contribution in [3.63, 3.8) is 0 Å². The number of rotatable bonds is 7. The van der Waals surface area contributed by atoms with Gasteiger partial charge in [0, 0.05) is 12.2 Å². The monoisotopic (exact) mass is 327 g/mol. The number of benzene rings is 1. The highest BCUT2D eigenvalue weighted by Crippen LogP contribution is 2.15. The minimum atomic E-state index is -0.0173. The lowest BCUT2D eigenvalue weighted by atomic mass is 10.2. The van der Waals surface area contributed by atoms with E-state index in [2.05, 4.69) is 22.3 Å². The molecule has 0 spiro atoms. The second kappa shape index (κ2) is 8.13. The molecule has 128 valence electrons. The molecule has 0 unspecified atom stereocenters. The zero-order chi connectivity index (χ0) is 16.8. The van der Waals surface area contributed by atoms with Crippen molar-refractivity contribution < 1.29 is 9.21 Å². The number of likely N-dealkylation sites (N-methyl/N-ethyl adjacent to an activating group) is 1. The standard InChI is InChI=1S/C19H25N3O2/c1-21(14-18-5-4-12-24-18)15-19(23)20-17-8-6-16(7-9-17)13-22-10-2-3-11-22/h4-9,12H,2-3,10-11,13-15H2,1H3,(H,20,23). The maximum atomic E-state index is 12.1. The molecule has 1 aliphatic heterocycles. The molecule has 1 aliphatic rings. The van der Waals surface area contributed by atoms with Crippen LogP contribution in [0.5, 0.6) is 0 Å². The summed E-state index contributed by atoms with van der Waals surface area (Å²) in [5, 5.41) is 2.95. The molecule has 1 aromatic carbocycles. The third-order valence-electron chi connectivity index (χ3n) is 4.26. The molecule has 2 heterocycles. The van der Waals surface area contributed by atoms with E-state index in [1.165, 1.54) is 31.5 Å². The van der Waals surface area contributed by atoms with Crippen molar-refractivity contribution in [2.45, 2.75) is 25.9 Å². The predicted molar refractivity (Wildman–Crippen MR) is 94.6 cm³/mol. The van der Waals surface area contributed by atoms with Gasteiger partial charge in [-0.05, 0) is 62.8 Å². The Labute approximate surface area is 143 Å². The van der Waals surface area contributed by atoms with Crippen molar-refractivity contribution in [1.82, 2.24) is 9.80 Å². The molecule has 2 aromatic rings. The number of amides is 1. The summed E-state index contributed by atoms with van der Waals surface area (Å²) >= 11 is 0. The van der Waals surface area contributed by atoms with Crippen molar-refractivity contribution in [1.29, 1.82) is 0 Å². The molecule has 5 nitrogen and oxygen atoms in total. The Balaban J connectivity index is 1.45. The summed E-state index contributed by atoms with van der Waals surface area (Å²) in [5.41, 5.74) is 2.14. The summed E-state index contributed by atoms with van der Waals surface area (Å²) in [4.78, 5) is 16.5. The molecular weight excluding hydrogens is 302 g/mol. The maximum absolute atomic E-state index is 12.1. The number of carbonyl (C=O) groups excluding carboxylic acids is 1. The summed E-state index contributed by atoms with van der Waals surface area (Å²) < 4.78 is 5.29. The van der Waals surface area contributed by atoms with Crippen LogP contribution >= 0.6 is 0 Å². The highest BCUT2D eigenvalue weighted by atomic mass is 16.3. The van der Waals surface area contributed by atoms with Gasteiger partial charge in [0.1, 0.15) is 5.76 Å². The molecule has 1 amide bonds. The van der Waals surface area contributed by atoms with Crippen molar-refractivity contribution in [3.05, 3.63) is 54.0 Å². The van der Waals surface area contributed by atoms with Gasteiger partial charge in [-0.1, -0.05) is 12.1 Å². The van der Waals surface area contributed by atoms with Crippen LogP contribution in [0.2, 0.25) is 0 Å². The zero-order valence-corrected chi connectivity index (χ0v) is 14.2. The molecule has 0 saturated carbocycles. The van der Waals surface area contributed by atoms with E-state index >= 15 is 0 Å². The van der Waals surface area contributed by atoms with Crippen LogP contribution in [-0.4, -0.2) is 42.4 Å². The van der Waals surface area contributed by atoms with E-state index in [0.717, 1.165) is 18.0 Å². The van der Waals surface area contributed by atoms with E-state index in [1.807, 2.05) is 36.2 Å². The van der Waals surface area contributed by atoms with Crippen LogP contribution in [-0.2, 0) is 17.9 Å². The van der Waals surface area contributed by atoms with Gasteiger partial charge in [-0.3, -0.25) is 14.6 Å². The number of carbonyl (C=O) groups is 1. The minimum absolute atomic E-state index is 0.0173. The molecule has 0 aliphatic carbocycles. The first-order chi connectivity index (χ1) is 11.7. The van der Waals surface area contributed by atoms with Gasteiger partial charge in [0.05, 0.1) is 19.4 Å². The highest BCUT2D eigenvalue weighted by molar-refractivity contribution is 5.92. The number of anilines is 1. The Bertz CT molecular complexity index is 631. The van der Waals surface area contributed by atoms with E-state index < -0.39 is 0 Å². The fourth-order valence-electron chi connectivity index (χ4n) is 3.06. The fourth-order valence-corrected chi connectivity index (χ4v) is 3.06. The molecule has 24 heavy (non-hydrogen) atoms. The molecule has 1 N–H and O–H groups in total. The number of nitrogens with one attached hydrogen (secondary N) is 1. The third kappa shape index (κ3) is 4.94. The Kier molecular flexibility index (Phi) is 5.67. The predicted octanol–water partition coefficient (Wildman–Crippen LogP) is 2.95. The number of nitrogens with zero attached hydrogens (tertiary/aromatic N) is 2. The van der Waals surface area contributed by atoms with Crippen molar-refractivity contribution >= 4 is 11.6 Å². The van der Waals surface area contributed by atoms with Gasteiger partial charge < -0.3 is 9.73 Å². The number of likely N-dealkylation sites (tertiary alicyclic amines) is 1. The number of furan rings is 1. The normalized spacial score (nSPS) is 15.1. The molecule has 1 aromatic heterocycles. The van der Waals surface area contributed by atoms with E-state index in [1.54, 1.807) is 6.26 Å². The largest absolute Gasteiger partial charge is 0.468 e. The molecular formula is C19H25N3O2. The average molecular weight is 327 g/mol. The summed E-state index contributed by atoms with van der Waals surface area (Å²) in [6, 6.07) is 11.9. The second-order valence-electron chi connectivity index (χ2n) is 6.48. The Morgan fingerprint density at radius 2 is 1.96 bits per heavy atom. The van der Waals surface area contributed by atoms with Crippen LogP contribution in [0.4, 0.5) is 5.69 Å². The van der Waals surface area contributed by atoms with Gasteiger partial charge in [0.15, 0.2) is 0 Å². The topological polar surface area (TPSA) is 48.7 Å². The van der Waals surface area contributed by atoms with Gasteiger partial charge >= 0.3 is 0 Å². The van der Waals surface area contributed by atoms with Crippen LogP contribution in [0.3, 0.4) is 0 Å². The van der Waals surface area contributed by atoms with Gasteiger partial charge in [0.2, 0.25) is 5.91 Å². The van der Waals surface area contributed by atoms with Gasteiger partial charge in [-0.25, -0.2) is 0 Å². The number of hydrogen-bond donors (Lipinski definition) is 1. The van der Waals surface area contributed by atoms with Gasteiger partial charge in [0.25, 0.3) is 0 Å². The minimum Gasteiger partial charge on any atom is -0.468 e. The van der Waals surface area contributed by atoms with Gasteiger partial charge in [-0.15, -0.1) is 0 Å². The summed E-state index contributed by atoms with van der Waals surface area (Å²) in [5.74, 6) is 0.841. The second-order valence-corrected chi connectivity index (χ2v) is 6.48. The first-order valence-electron chi connectivity index (χ1n) is 8.51. The van der Waals surface area contributed by atoms with E-state index in [-0.39, 0.29) is 5.91 Å². The molecule has 0 atom stereocenters. The smallest absolute Gasteiger partial charge is 0.238 e. The van der Waals surface area contributed by atoms with Crippen molar-refractivity contribution in [2.24, 2.45) is 0 Å². The third-order valence-corrected chi connectivity index (χ3v) is 4.26. The lowest BCUT2D eigenvalue weighted by Crippen LogP contribution is -2.29. The van der Waals surface area contributed by atoms with E-state index in [0.29, 0.717) is 13.1 Å². The SMILES string of the molecule is CN(CC(=O)Nc1ccc(CN2CCCC2)cc1)Cc1ccco1. The Morgan fingerprint density at radius 1 is 1.21 bits per heavy atom. The molecule has 0 bridgehead atoms. The van der Waals surface area contributed by atoms with Crippen molar-refractivity contribution in [2.75, 3.05) is 32.0 Å². The summed E-state index contributed by atoms with van der Waals surface area (Å²) in [6.45, 7) is 4.34. The highest BCUT2D eigenvalue weighted by Gasteiger charge is 2.12. The number of hydrogen-bond acceptors (Lipinski definition) is 4.